The molecule has 0 saturated heterocycles. The maximum absolute atomic E-state index is 12.3. The number of para-hydroxylation sites is 1. The molecule has 120 valence electrons. The minimum atomic E-state index is -3.25. The first kappa shape index (κ1) is 18.0. The lowest BCUT2D eigenvalue weighted by atomic mass is 9.83. The van der Waals surface area contributed by atoms with Gasteiger partial charge >= 0.3 is 0 Å². The maximum Gasteiger partial charge on any atom is 0.180 e. The highest BCUT2D eigenvalue weighted by atomic mass is 32.2. The van der Waals surface area contributed by atoms with Gasteiger partial charge in [-0.05, 0) is 31.4 Å². The topological polar surface area (TPSA) is 66.4 Å². The van der Waals surface area contributed by atoms with Crippen molar-refractivity contribution in [1.29, 1.82) is 0 Å². The smallest absolute Gasteiger partial charge is 0.180 e. The number of rotatable bonds is 9. The van der Waals surface area contributed by atoms with Crippen LogP contribution in [0.1, 0.15) is 40.0 Å². The quantitative estimate of drug-likeness (QED) is 0.735. The zero-order valence-electron chi connectivity index (χ0n) is 13.2. The first-order chi connectivity index (χ1) is 9.94. The van der Waals surface area contributed by atoms with E-state index in [4.69, 9.17) is 0 Å². The molecule has 1 aromatic carbocycles. The van der Waals surface area contributed by atoms with Crippen LogP contribution in [0.2, 0.25) is 0 Å². The molecule has 0 heterocycles. The molecule has 0 unspecified atom stereocenters. The van der Waals surface area contributed by atoms with Gasteiger partial charge in [0.2, 0.25) is 0 Å². The number of sulfone groups is 1. The second-order valence-electron chi connectivity index (χ2n) is 5.53. The van der Waals surface area contributed by atoms with Crippen molar-refractivity contribution in [3.05, 3.63) is 24.3 Å². The van der Waals surface area contributed by atoms with Gasteiger partial charge in [0.25, 0.3) is 0 Å². The SMILES string of the molecule is CCCS(=O)(=O)c1ccccc1NCC(CC)(CC)CO. The third-order valence-electron chi connectivity index (χ3n) is 4.18. The van der Waals surface area contributed by atoms with Gasteiger partial charge in [-0.15, -0.1) is 0 Å². The van der Waals surface area contributed by atoms with Gasteiger partial charge in [-0.3, -0.25) is 0 Å². The van der Waals surface area contributed by atoms with Gasteiger partial charge in [0.15, 0.2) is 9.84 Å². The van der Waals surface area contributed by atoms with Gasteiger partial charge in [-0.1, -0.05) is 32.9 Å². The monoisotopic (exact) mass is 313 g/mol. The first-order valence-corrected chi connectivity index (χ1v) is 9.26. The number of hydrogen-bond donors (Lipinski definition) is 2. The van der Waals surface area contributed by atoms with Crippen molar-refractivity contribution in [2.24, 2.45) is 5.41 Å². The van der Waals surface area contributed by atoms with Crippen molar-refractivity contribution in [1.82, 2.24) is 0 Å². The van der Waals surface area contributed by atoms with E-state index in [0.717, 1.165) is 12.8 Å². The van der Waals surface area contributed by atoms with Crippen LogP contribution in [0.3, 0.4) is 0 Å². The molecule has 0 saturated carbocycles. The highest BCUT2D eigenvalue weighted by Gasteiger charge is 2.26. The molecular weight excluding hydrogens is 286 g/mol. The lowest BCUT2D eigenvalue weighted by Gasteiger charge is -2.30. The van der Waals surface area contributed by atoms with E-state index in [1.807, 2.05) is 26.8 Å². The largest absolute Gasteiger partial charge is 0.396 e. The van der Waals surface area contributed by atoms with Crippen molar-refractivity contribution in [3.63, 3.8) is 0 Å². The third-order valence-corrected chi connectivity index (χ3v) is 6.16. The van der Waals surface area contributed by atoms with Crippen LogP contribution in [0, 0.1) is 5.41 Å². The van der Waals surface area contributed by atoms with E-state index < -0.39 is 9.84 Å². The average Bonchev–Trinajstić information content (AvgIpc) is 2.49. The maximum atomic E-state index is 12.3. The summed E-state index contributed by atoms with van der Waals surface area (Å²) in [6, 6.07) is 7.00. The summed E-state index contributed by atoms with van der Waals surface area (Å²) in [5, 5.41) is 12.8. The van der Waals surface area contributed by atoms with Gasteiger partial charge in [-0.2, -0.15) is 0 Å². The summed E-state index contributed by atoms with van der Waals surface area (Å²) in [5.41, 5.74) is 0.424. The van der Waals surface area contributed by atoms with Crippen molar-refractivity contribution in [2.75, 3.05) is 24.2 Å². The molecule has 0 bridgehead atoms. The van der Waals surface area contributed by atoms with Gasteiger partial charge in [0.05, 0.1) is 22.9 Å². The first-order valence-electron chi connectivity index (χ1n) is 7.61. The Morgan fingerprint density at radius 1 is 1.14 bits per heavy atom. The van der Waals surface area contributed by atoms with E-state index in [1.54, 1.807) is 18.2 Å². The zero-order chi connectivity index (χ0) is 15.9. The number of hydrogen-bond acceptors (Lipinski definition) is 4. The standard InChI is InChI=1S/C16H27NO3S/c1-4-11-21(19,20)15-10-8-7-9-14(15)17-12-16(5-2,6-3)13-18/h7-10,17-18H,4-6,11-13H2,1-3H3. The van der Waals surface area contributed by atoms with Crippen LogP contribution >= 0.6 is 0 Å². The highest BCUT2D eigenvalue weighted by Crippen LogP contribution is 2.28. The van der Waals surface area contributed by atoms with Crippen LogP contribution in [0.25, 0.3) is 0 Å². The molecule has 0 radical (unpaired) electrons. The molecule has 2 N–H and O–H groups in total. The fourth-order valence-electron chi connectivity index (χ4n) is 2.32. The van der Waals surface area contributed by atoms with Crippen LogP contribution in [-0.4, -0.2) is 32.4 Å². The van der Waals surface area contributed by atoms with E-state index in [9.17, 15) is 13.5 Å². The van der Waals surface area contributed by atoms with E-state index in [0.29, 0.717) is 23.5 Å². The molecule has 21 heavy (non-hydrogen) atoms. The normalized spacial score (nSPS) is 12.4. The van der Waals surface area contributed by atoms with Crippen molar-refractivity contribution < 1.29 is 13.5 Å². The number of aliphatic hydroxyl groups excluding tert-OH is 1. The molecule has 0 amide bonds. The number of nitrogens with one attached hydrogen (secondary N) is 1. The summed E-state index contributed by atoms with van der Waals surface area (Å²) >= 11 is 0. The van der Waals surface area contributed by atoms with E-state index in [1.165, 1.54) is 0 Å². The average molecular weight is 313 g/mol. The van der Waals surface area contributed by atoms with Crippen LogP contribution in [0.4, 0.5) is 5.69 Å². The van der Waals surface area contributed by atoms with Crippen LogP contribution in [0.15, 0.2) is 29.2 Å². The summed E-state index contributed by atoms with van der Waals surface area (Å²) in [5.74, 6) is 0.151. The van der Waals surface area contributed by atoms with Crippen LogP contribution in [-0.2, 0) is 9.84 Å². The van der Waals surface area contributed by atoms with E-state index >= 15 is 0 Å². The van der Waals surface area contributed by atoms with Gasteiger partial charge < -0.3 is 10.4 Å². The van der Waals surface area contributed by atoms with Crippen molar-refractivity contribution in [3.8, 4) is 0 Å². The molecule has 1 rings (SSSR count). The fraction of sp³-hybridized carbons (Fsp3) is 0.625. The molecule has 0 fully saturated rings. The Morgan fingerprint density at radius 2 is 1.76 bits per heavy atom. The minimum absolute atomic E-state index is 0.0941. The van der Waals surface area contributed by atoms with Gasteiger partial charge in [0.1, 0.15) is 0 Å². The van der Waals surface area contributed by atoms with E-state index in [-0.39, 0.29) is 17.8 Å². The van der Waals surface area contributed by atoms with E-state index in [2.05, 4.69) is 5.32 Å². The lowest BCUT2D eigenvalue weighted by Crippen LogP contribution is -2.32. The van der Waals surface area contributed by atoms with Gasteiger partial charge in [0, 0.05) is 12.0 Å². The summed E-state index contributed by atoms with van der Waals surface area (Å²) < 4.78 is 24.6. The summed E-state index contributed by atoms with van der Waals surface area (Å²) in [7, 11) is -3.25. The minimum Gasteiger partial charge on any atom is -0.396 e. The number of benzene rings is 1. The van der Waals surface area contributed by atoms with Crippen molar-refractivity contribution >= 4 is 15.5 Å². The molecule has 0 aromatic heterocycles. The second-order valence-corrected chi connectivity index (χ2v) is 7.61. The zero-order valence-corrected chi connectivity index (χ0v) is 14.0. The second kappa shape index (κ2) is 7.80. The Bertz CT molecular complexity index is 528. The molecule has 1 aromatic rings. The third kappa shape index (κ3) is 4.45. The van der Waals surface area contributed by atoms with Crippen LogP contribution < -0.4 is 5.32 Å². The molecule has 5 heteroatoms. The molecule has 0 atom stereocenters. The Kier molecular flexibility index (Phi) is 6.68. The fourth-order valence-corrected chi connectivity index (χ4v) is 3.84. The summed E-state index contributed by atoms with van der Waals surface area (Å²) in [6.45, 7) is 6.60. The Labute approximate surface area is 128 Å². The predicted octanol–water partition coefficient (Wildman–Crippen LogP) is 3.08. The Balaban J connectivity index is 3.00. The number of aliphatic hydroxyl groups is 1. The predicted molar refractivity (Wildman–Crippen MR) is 87.4 cm³/mol. The molecule has 4 nitrogen and oxygen atoms in total. The molecule has 0 aliphatic carbocycles. The van der Waals surface area contributed by atoms with Crippen LogP contribution in [0.5, 0.6) is 0 Å². The summed E-state index contributed by atoms with van der Waals surface area (Å²) in [4.78, 5) is 0.353. The molecule has 0 spiro atoms. The highest BCUT2D eigenvalue weighted by molar-refractivity contribution is 7.91. The Hall–Kier alpha value is -1.07. The molecule has 0 aliphatic heterocycles. The summed E-state index contributed by atoms with van der Waals surface area (Å²) in [6.07, 6.45) is 2.29. The Morgan fingerprint density at radius 3 is 2.29 bits per heavy atom. The lowest BCUT2D eigenvalue weighted by molar-refractivity contribution is 0.127. The molecular formula is C16H27NO3S. The number of anilines is 1. The van der Waals surface area contributed by atoms with Gasteiger partial charge in [-0.25, -0.2) is 8.42 Å². The van der Waals surface area contributed by atoms with Crippen molar-refractivity contribution in [2.45, 2.75) is 44.9 Å². The molecule has 0 aliphatic rings.